The fourth-order valence-electron chi connectivity index (χ4n) is 0.875. The van der Waals surface area contributed by atoms with Crippen molar-refractivity contribution >= 4 is 11.7 Å². The summed E-state index contributed by atoms with van der Waals surface area (Å²) in [5, 5.41) is 10.9. The lowest BCUT2D eigenvalue weighted by molar-refractivity contribution is -0.114. The Bertz CT molecular complexity index is 337. The maximum atomic E-state index is 10.6. The fourth-order valence-corrected chi connectivity index (χ4v) is 0.875. The summed E-state index contributed by atoms with van der Waals surface area (Å²) < 4.78 is 0. The van der Waals surface area contributed by atoms with E-state index in [0.717, 1.165) is 5.56 Å². The molecule has 0 spiro atoms. The van der Waals surface area contributed by atoms with Gasteiger partial charge >= 0.3 is 0 Å². The molecule has 1 amide bonds. The summed E-state index contributed by atoms with van der Waals surface area (Å²) >= 11 is 0. The number of aromatic nitrogens is 1. The van der Waals surface area contributed by atoms with Crippen LogP contribution in [0.15, 0.2) is 18.3 Å². The first-order valence-corrected chi connectivity index (χ1v) is 3.82. The molecule has 4 nitrogen and oxygen atoms in total. The van der Waals surface area contributed by atoms with E-state index >= 15 is 0 Å². The third-order valence-corrected chi connectivity index (χ3v) is 1.41. The Morgan fingerprint density at radius 3 is 2.92 bits per heavy atom. The van der Waals surface area contributed by atoms with E-state index in [-0.39, 0.29) is 5.91 Å². The van der Waals surface area contributed by atoms with Gasteiger partial charge in [0.2, 0.25) is 5.91 Å². The van der Waals surface area contributed by atoms with Crippen LogP contribution in [-0.2, 0) is 11.2 Å². The van der Waals surface area contributed by atoms with Crippen molar-refractivity contribution in [2.45, 2.75) is 13.3 Å². The van der Waals surface area contributed by atoms with Gasteiger partial charge in [-0.3, -0.25) is 4.79 Å². The van der Waals surface area contributed by atoms with Crippen LogP contribution in [-0.4, -0.2) is 10.9 Å². The number of nitrogens with one attached hydrogen (secondary N) is 1. The average Bonchev–Trinajstić information content (AvgIpc) is 2.08. The predicted molar refractivity (Wildman–Crippen MR) is 47.9 cm³/mol. The number of carbonyl (C=O) groups is 1. The topological polar surface area (TPSA) is 65.8 Å². The van der Waals surface area contributed by atoms with Gasteiger partial charge in [0.1, 0.15) is 5.82 Å². The minimum atomic E-state index is -0.152. The largest absolute Gasteiger partial charge is 0.311 e. The molecule has 0 saturated carbocycles. The monoisotopic (exact) mass is 175 g/mol. The van der Waals surface area contributed by atoms with Crippen LogP contribution in [0.3, 0.4) is 0 Å². The van der Waals surface area contributed by atoms with Crippen molar-refractivity contribution in [2.24, 2.45) is 0 Å². The minimum absolute atomic E-state index is 0.152. The lowest BCUT2D eigenvalue weighted by Crippen LogP contribution is -2.07. The van der Waals surface area contributed by atoms with Gasteiger partial charge in [-0.15, -0.1) is 0 Å². The van der Waals surface area contributed by atoms with Gasteiger partial charge in [0, 0.05) is 13.1 Å². The van der Waals surface area contributed by atoms with Crippen LogP contribution in [0.25, 0.3) is 0 Å². The number of anilines is 1. The van der Waals surface area contributed by atoms with Crippen LogP contribution in [0.1, 0.15) is 12.5 Å². The second kappa shape index (κ2) is 4.21. The molecule has 66 valence electrons. The number of rotatable bonds is 2. The molecule has 1 rings (SSSR count). The van der Waals surface area contributed by atoms with Crippen LogP contribution in [0.2, 0.25) is 0 Å². The molecule has 0 saturated heterocycles. The quantitative estimate of drug-likeness (QED) is 0.732. The van der Waals surface area contributed by atoms with E-state index in [9.17, 15) is 4.79 Å². The van der Waals surface area contributed by atoms with E-state index in [1.54, 1.807) is 18.3 Å². The van der Waals surface area contributed by atoms with E-state index in [0.29, 0.717) is 12.2 Å². The zero-order valence-corrected chi connectivity index (χ0v) is 7.24. The van der Waals surface area contributed by atoms with Gasteiger partial charge in [0.05, 0.1) is 12.5 Å². The van der Waals surface area contributed by atoms with Crippen molar-refractivity contribution in [2.75, 3.05) is 5.32 Å². The van der Waals surface area contributed by atoms with E-state index < -0.39 is 0 Å². The summed E-state index contributed by atoms with van der Waals surface area (Å²) in [5.74, 6) is 0.356. The van der Waals surface area contributed by atoms with Crippen molar-refractivity contribution < 1.29 is 4.79 Å². The third kappa shape index (κ3) is 2.91. The van der Waals surface area contributed by atoms with E-state index in [1.165, 1.54) is 6.92 Å². The van der Waals surface area contributed by atoms with Gasteiger partial charge in [-0.05, 0) is 11.6 Å². The average molecular weight is 175 g/mol. The first-order valence-electron chi connectivity index (χ1n) is 3.82. The van der Waals surface area contributed by atoms with Crippen molar-refractivity contribution in [3.05, 3.63) is 23.9 Å². The molecular formula is C9H9N3O. The number of pyridine rings is 1. The molecule has 0 aliphatic rings. The maximum absolute atomic E-state index is 10.6. The van der Waals surface area contributed by atoms with Gasteiger partial charge in [0.15, 0.2) is 0 Å². The van der Waals surface area contributed by atoms with Gasteiger partial charge in [-0.25, -0.2) is 4.98 Å². The number of nitrogens with zero attached hydrogens (tertiary/aromatic N) is 2. The summed E-state index contributed by atoms with van der Waals surface area (Å²) in [6, 6.07) is 5.46. The number of amides is 1. The van der Waals surface area contributed by atoms with Crippen molar-refractivity contribution in [1.29, 1.82) is 5.26 Å². The summed E-state index contributed by atoms with van der Waals surface area (Å²) in [6.07, 6.45) is 1.92. The summed E-state index contributed by atoms with van der Waals surface area (Å²) in [7, 11) is 0. The van der Waals surface area contributed by atoms with Gasteiger partial charge in [-0.2, -0.15) is 5.26 Å². The SMILES string of the molecule is CC(=O)Nc1ccc(CC#N)cn1. The van der Waals surface area contributed by atoms with Crippen LogP contribution >= 0.6 is 0 Å². The number of carbonyl (C=O) groups excluding carboxylic acids is 1. The molecule has 1 aromatic rings. The molecule has 0 unspecified atom stereocenters. The highest BCUT2D eigenvalue weighted by Gasteiger charge is 1.96. The highest BCUT2D eigenvalue weighted by molar-refractivity contribution is 5.87. The zero-order chi connectivity index (χ0) is 9.68. The molecule has 4 heteroatoms. The highest BCUT2D eigenvalue weighted by Crippen LogP contribution is 2.04. The number of hydrogen-bond donors (Lipinski definition) is 1. The molecular weight excluding hydrogens is 166 g/mol. The highest BCUT2D eigenvalue weighted by atomic mass is 16.1. The first-order chi connectivity index (χ1) is 6.22. The summed E-state index contributed by atoms with van der Waals surface area (Å²) in [6.45, 7) is 1.42. The molecule has 0 radical (unpaired) electrons. The van der Waals surface area contributed by atoms with Gasteiger partial charge < -0.3 is 5.32 Å². The molecule has 0 bridgehead atoms. The molecule has 0 aliphatic carbocycles. The molecule has 0 aromatic carbocycles. The smallest absolute Gasteiger partial charge is 0.222 e. The van der Waals surface area contributed by atoms with E-state index in [4.69, 9.17) is 5.26 Å². The molecule has 1 aromatic heterocycles. The van der Waals surface area contributed by atoms with E-state index in [1.807, 2.05) is 6.07 Å². The number of hydrogen-bond acceptors (Lipinski definition) is 3. The molecule has 13 heavy (non-hydrogen) atoms. The Kier molecular flexibility index (Phi) is 2.98. The fraction of sp³-hybridized carbons (Fsp3) is 0.222. The first kappa shape index (κ1) is 9.20. The summed E-state index contributed by atoms with van der Waals surface area (Å²) in [5.41, 5.74) is 0.844. The minimum Gasteiger partial charge on any atom is -0.311 e. The molecule has 1 heterocycles. The van der Waals surface area contributed by atoms with Crippen LogP contribution in [0.5, 0.6) is 0 Å². The molecule has 1 N–H and O–H groups in total. The molecule has 0 fully saturated rings. The Hall–Kier alpha value is -1.89. The van der Waals surface area contributed by atoms with Gasteiger partial charge in [-0.1, -0.05) is 6.07 Å². The standard InChI is InChI=1S/C9H9N3O/c1-7(13)12-9-3-2-8(4-5-10)6-11-9/h2-3,6H,4H2,1H3,(H,11,12,13). The molecule has 0 aliphatic heterocycles. The lowest BCUT2D eigenvalue weighted by atomic mass is 10.2. The number of nitriles is 1. The Morgan fingerprint density at radius 1 is 1.69 bits per heavy atom. The zero-order valence-electron chi connectivity index (χ0n) is 7.24. The predicted octanol–water partition coefficient (Wildman–Crippen LogP) is 1.11. The second-order valence-electron chi connectivity index (χ2n) is 2.57. The maximum Gasteiger partial charge on any atom is 0.222 e. The molecule has 0 atom stereocenters. The van der Waals surface area contributed by atoms with Crippen LogP contribution in [0, 0.1) is 11.3 Å². The van der Waals surface area contributed by atoms with Crippen molar-refractivity contribution in [1.82, 2.24) is 4.98 Å². The van der Waals surface area contributed by atoms with Crippen LogP contribution in [0.4, 0.5) is 5.82 Å². The summed E-state index contributed by atoms with van der Waals surface area (Å²) in [4.78, 5) is 14.6. The Balaban J connectivity index is 2.70. The van der Waals surface area contributed by atoms with Crippen LogP contribution < -0.4 is 5.32 Å². The van der Waals surface area contributed by atoms with Crippen molar-refractivity contribution in [3.8, 4) is 6.07 Å². The van der Waals surface area contributed by atoms with Crippen molar-refractivity contribution in [3.63, 3.8) is 0 Å². The third-order valence-electron chi connectivity index (χ3n) is 1.41. The normalized spacial score (nSPS) is 8.92. The lowest BCUT2D eigenvalue weighted by Gasteiger charge is -2.00. The van der Waals surface area contributed by atoms with E-state index in [2.05, 4.69) is 10.3 Å². The Morgan fingerprint density at radius 2 is 2.46 bits per heavy atom. The Labute approximate surface area is 76.2 Å². The second-order valence-corrected chi connectivity index (χ2v) is 2.57. The van der Waals surface area contributed by atoms with Gasteiger partial charge in [0.25, 0.3) is 0 Å².